The summed E-state index contributed by atoms with van der Waals surface area (Å²) in [4.78, 5) is 13.2. The van der Waals surface area contributed by atoms with E-state index in [2.05, 4.69) is 17.4 Å². The Kier molecular flexibility index (Phi) is 6.69. The molecule has 0 saturated heterocycles. The van der Waals surface area contributed by atoms with Crippen LogP contribution in [0.3, 0.4) is 0 Å². The summed E-state index contributed by atoms with van der Waals surface area (Å²) in [6.07, 6.45) is 2.66. The van der Waals surface area contributed by atoms with Gasteiger partial charge in [-0.3, -0.25) is 4.79 Å². The summed E-state index contributed by atoms with van der Waals surface area (Å²) in [6.45, 7) is 2.04. The molecule has 1 aromatic carbocycles. The van der Waals surface area contributed by atoms with Crippen LogP contribution in [0.4, 0.5) is 0 Å². The molecule has 2 rings (SSSR count). The number of benzene rings is 1. The minimum Gasteiger partial charge on any atom is -0.348 e. The molecule has 0 aromatic heterocycles. The lowest BCUT2D eigenvalue weighted by atomic mass is 10.0. The first-order valence-electron chi connectivity index (χ1n) is 6.50. The third-order valence-electron chi connectivity index (χ3n) is 3.21. The molecule has 0 spiro atoms. The minimum absolute atomic E-state index is 0. The number of fused-ring (bicyclic) bond motifs is 1. The van der Waals surface area contributed by atoms with Gasteiger partial charge in [0.15, 0.2) is 0 Å². The van der Waals surface area contributed by atoms with Crippen LogP contribution in [0.5, 0.6) is 0 Å². The molecule has 2 atom stereocenters. The van der Waals surface area contributed by atoms with Crippen molar-refractivity contribution >= 4 is 30.1 Å². The van der Waals surface area contributed by atoms with Gasteiger partial charge in [-0.25, -0.2) is 0 Å². The lowest BCUT2D eigenvalue weighted by Gasteiger charge is -2.27. The molecule has 3 nitrogen and oxygen atoms in total. The summed E-state index contributed by atoms with van der Waals surface area (Å²) in [7, 11) is 0. The van der Waals surface area contributed by atoms with Crippen molar-refractivity contribution in [1.82, 2.24) is 5.32 Å². The lowest BCUT2D eigenvalue weighted by Crippen LogP contribution is -2.42. The van der Waals surface area contributed by atoms with Gasteiger partial charge in [0.05, 0.1) is 12.1 Å². The largest absolute Gasteiger partial charge is 0.348 e. The maximum Gasteiger partial charge on any atom is 0.237 e. The Hall–Kier alpha value is -0.710. The van der Waals surface area contributed by atoms with E-state index in [9.17, 15) is 4.79 Å². The summed E-state index contributed by atoms with van der Waals surface area (Å²) in [5, 5.41) is 3.08. The van der Waals surface area contributed by atoms with Gasteiger partial charge in [0.25, 0.3) is 0 Å². The van der Waals surface area contributed by atoms with E-state index < -0.39 is 0 Å². The normalized spacial score (nSPS) is 18.9. The zero-order valence-corrected chi connectivity index (χ0v) is 12.7. The number of halogens is 1. The van der Waals surface area contributed by atoms with Crippen LogP contribution in [0.25, 0.3) is 0 Å². The molecule has 0 fully saturated rings. The Balaban J connectivity index is 0.00000180. The molecular formula is C14H21ClN2OS. The van der Waals surface area contributed by atoms with E-state index in [4.69, 9.17) is 5.73 Å². The van der Waals surface area contributed by atoms with E-state index in [-0.39, 0.29) is 30.4 Å². The number of amides is 1. The minimum atomic E-state index is -0.378. The van der Waals surface area contributed by atoms with Crippen LogP contribution in [0.15, 0.2) is 29.2 Å². The molecule has 1 heterocycles. The van der Waals surface area contributed by atoms with Gasteiger partial charge in [0, 0.05) is 10.6 Å². The van der Waals surface area contributed by atoms with Crippen molar-refractivity contribution in [2.45, 2.75) is 43.2 Å². The number of rotatable bonds is 4. The van der Waals surface area contributed by atoms with Crippen LogP contribution >= 0.6 is 24.2 Å². The SMILES string of the molecule is CCCC(N)C(=O)NC1CCSc2ccccc21.Cl. The Morgan fingerprint density at radius 3 is 3.00 bits per heavy atom. The zero-order valence-electron chi connectivity index (χ0n) is 11.1. The van der Waals surface area contributed by atoms with Gasteiger partial charge in [0.1, 0.15) is 0 Å². The molecule has 0 aliphatic carbocycles. The maximum absolute atomic E-state index is 12.0. The number of thioether (sulfide) groups is 1. The third-order valence-corrected chi connectivity index (χ3v) is 4.33. The first kappa shape index (κ1) is 16.3. The summed E-state index contributed by atoms with van der Waals surface area (Å²) in [5.41, 5.74) is 7.08. The Morgan fingerprint density at radius 2 is 2.26 bits per heavy atom. The van der Waals surface area contributed by atoms with Crippen molar-refractivity contribution in [2.24, 2.45) is 5.73 Å². The molecule has 1 aliphatic heterocycles. The number of hydrogen-bond donors (Lipinski definition) is 2. The van der Waals surface area contributed by atoms with Crippen LogP contribution in [-0.4, -0.2) is 17.7 Å². The molecule has 1 amide bonds. The molecule has 1 aromatic rings. The van der Waals surface area contributed by atoms with Crippen molar-refractivity contribution < 1.29 is 4.79 Å². The van der Waals surface area contributed by atoms with Gasteiger partial charge >= 0.3 is 0 Å². The summed E-state index contributed by atoms with van der Waals surface area (Å²) < 4.78 is 0. The topological polar surface area (TPSA) is 55.1 Å². The fourth-order valence-corrected chi connectivity index (χ4v) is 3.34. The van der Waals surface area contributed by atoms with Crippen LogP contribution in [0, 0.1) is 0 Å². The highest BCUT2D eigenvalue weighted by Crippen LogP contribution is 2.35. The van der Waals surface area contributed by atoms with Crippen molar-refractivity contribution in [2.75, 3.05) is 5.75 Å². The van der Waals surface area contributed by atoms with E-state index >= 15 is 0 Å². The fourth-order valence-electron chi connectivity index (χ4n) is 2.21. The maximum atomic E-state index is 12.0. The standard InChI is InChI=1S/C14H20N2OS.ClH/c1-2-5-11(15)14(17)16-12-8-9-18-13-7-4-3-6-10(12)13;/h3-4,6-7,11-12H,2,5,8-9,15H2,1H3,(H,16,17);1H. The van der Waals surface area contributed by atoms with Gasteiger partial charge < -0.3 is 11.1 Å². The second kappa shape index (κ2) is 7.78. The van der Waals surface area contributed by atoms with Crippen LogP contribution < -0.4 is 11.1 Å². The molecule has 0 bridgehead atoms. The van der Waals surface area contributed by atoms with Gasteiger partial charge in [-0.2, -0.15) is 0 Å². The highest BCUT2D eigenvalue weighted by molar-refractivity contribution is 7.99. The average Bonchev–Trinajstić information content (AvgIpc) is 2.39. The smallest absolute Gasteiger partial charge is 0.237 e. The predicted molar refractivity (Wildman–Crippen MR) is 82.8 cm³/mol. The summed E-state index contributed by atoms with van der Waals surface area (Å²) in [6, 6.07) is 8.02. The van der Waals surface area contributed by atoms with Crippen molar-refractivity contribution in [3.8, 4) is 0 Å². The molecule has 0 radical (unpaired) electrons. The average molecular weight is 301 g/mol. The molecule has 1 aliphatic rings. The monoisotopic (exact) mass is 300 g/mol. The van der Waals surface area contributed by atoms with Gasteiger partial charge in [-0.15, -0.1) is 24.2 Å². The highest BCUT2D eigenvalue weighted by Gasteiger charge is 2.23. The first-order chi connectivity index (χ1) is 8.72. The third kappa shape index (κ3) is 4.13. The van der Waals surface area contributed by atoms with Crippen LogP contribution in [-0.2, 0) is 4.79 Å². The van der Waals surface area contributed by atoms with Crippen LogP contribution in [0.2, 0.25) is 0 Å². The number of carbonyl (C=O) groups is 1. The van der Waals surface area contributed by atoms with Crippen molar-refractivity contribution in [3.63, 3.8) is 0 Å². The molecule has 3 N–H and O–H groups in total. The molecule has 106 valence electrons. The van der Waals surface area contributed by atoms with Crippen LogP contribution in [0.1, 0.15) is 37.8 Å². The second-order valence-corrected chi connectivity index (χ2v) is 5.77. The van der Waals surface area contributed by atoms with E-state index in [0.717, 1.165) is 25.0 Å². The second-order valence-electron chi connectivity index (χ2n) is 4.63. The van der Waals surface area contributed by atoms with E-state index in [1.165, 1.54) is 10.5 Å². The lowest BCUT2D eigenvalue weighted by molar-refractivity contribution is -0.123. The van der Waals surface area contributed by atoms with E-state index in [0.29, 0.717) is 0 Å². The Labute approximate surface area is 125 Å². The molecular weight excluding hydrogens is 280 g/mol. The zero-order chi connectivity index (χ0) is 13.0. The quantitative estimate of drug-likeness (QED) is 0.899. The number of nitrogens with one attached hydrogen (secondary N) is 1. The Morgan fingerprint density at radius 1 is 1.53 bits per heavy atom. The highest BCUT2D eigenvalue weighted by atomic mass is 35.5. The fraction of sp³-hybridized carbons (Fsp3) is 0.500. The van der Waals surface area contributed by atoms with Gasteiger partial charge in [-0.1, -0.05) is 31.5 Å². The molecule has 2 unspecified atom stereocenters. The predicted octanol–water partition coefficient (Wildman–Crippen LogP) is 2.89. The summed E-state index contributed by atoms with van der Waals surface area (Å²) in [5.74, 6) is 1.02. The number of carbonyl (C=O) groups excluding carboxylic acids is 1. The Bertz CT molecular complexity index is 428. The summed E-state index contributed by atoms with van der Waals surface area (Å²) >= 11 is 1.86. The molecule has 19 heavy (non-hydrogen) atoms. The first-order valence-corrected chi connectivity index (χ1v) is 7.48. The number of nitrogens with two attached hydrogens (primary N) is 1. The van der Waals surface area contributed by atoms with Gasteiger partial charge in [-0.05, 0) is 24.5 Å². The molecule has 0 saturated carbocycles. The molecule has 5 heteroatoms. The van der Waals surface area contributed by atoms with Crippen molar-refractivity contribution in [1.29, 1.82) is 0 Å². The van der Waals surface area contributed by atoms with Crippen molar-refractivity contribution in [3.05, 3.63) is 29.8 Å². The number of hydrogen-bond acceptors (Lipinski definition) is 3. The van der Waals surface area contributed by atoms with E-state index in [1.54, 1.807) is 0 Å². The van der Waals surface area contributed by atoms with E-state index in [1.807, 2.05) is 30.8 Å². The van der Waals surface area contributed by atoms with Gasteiger partial charge in [0.2, 0.25) is 5.91 Å².